The molecule has 0 heterocycles. The molecule has 0 spiro atoms. The minimum absolute atomic E-state index is 0.112. The maximum Gasteiger partial charge on any atom is 0.414 e. The van der Waals surface area contributed by atoms with Crippen LogP contribution in [0.4, 0.5) is 13.2 Å². The molecule has 0 N–H and O–H groups in total. The number of hydrogen-bond acceptors (Lipinski definition) is 2. The molecular weight excluding hydrogens is 181 g/mol. The molecule has 1 unspecified atom stereocenters. The molecule has 0 radical (unpaired) electrons. The Morgan fingerprint density at radius 1 is 1.31 bits per heavy atom. The Balaban J connectivity index is 3.06. The van der Waals surface area contributed by atoms with Gasteiger partial charge < -0.3 is 0 Å². The Hall–Kier alpha value is -1.75. The minimum Gasteiger partial charge on any atom is -0.197 e. The molecule has 13 heavy (non-hydrogen) atoms. The smallest absolute Gasteiger partial charge is 0.197 e. The van der Waals surface area contributed by atoms with Crippen LogP contribution in [0, 0.1) is 28.6 Å². The van der Waals surface area contributed by atoms with Crippen LogP contribution in [0.15, 0.2) is 23.3 Å². The summed E-state index contributed by atoms with van der Waals surface area (Å²) in [7, 11) is 0. The lowest BCUT2D eigenvalue weighted by Gasteiger charge is -2.09. The Morgan fingerprint density at radius 3 is 2.23 bits per heavy atom. The van der Waals surface area contributed by atoms with Crippen LogP contribution >= 0.6 is 0 Å². The quantitative estimate of drug-likeness (QED) is 0.578. The highest BCUT2D eigenvalue weighted by Crippen LogP contribution is 2.36. The molecule has 0 aromatic carbocycles. The zero-order chi connectivity index (χ0) is 10.1. The highest BCUT2D eigenvalue weighted by Gasteiger charge is 2.40. The first-order valence-corrected chi connectivity index (χ1v) is 3.29. The van der Waals surface area contributed by atoms with Gasteiger partial charge in [0.2, 0.25) is 0 Å². The summed E-state index contributed by atoms with van der Waals surface area (Å²) in [4.78, 5) is 0. The topological polar surface area (TPSA) is 47.6 Å². The predicted molar refractivity (Wildman–Crippen MR) is 36.9 cm³/mol. The van der Waals surface area contributed by atoms with Crippen LogP contribution in [-0.4, -0.2) is 6.18 Å². The summed E-state index contributed by atoms with van der Waals surface area (Å²) >= 11 is 0. The number of nitriles is 2. The molecule has 0 saturated heterocycles. The Kier molecular flexibility index (Phi) is 2.12. The standard InChI is InChI=1S/C8H3F3N2/c9-8(10,11)7-2-5(3-12)1-6(7)4-13/h1-2,6H. The van der Waals surface area contributed by atoms with Crippen molar-refractivity contribution in [3.63, 3.8) is 0 Å². The monoisotopic (exact) mass is 184 g/mol. The fourth-order valence-electron chi connectivity index (χ4n) is 1.01. The van der Waals surface area contributed by atoms with Gasteiger partial charge in [-0.25, -0.2) is 0 Å². The van der Waals surface area contributed by atoms with E-state index in [0.29, 0.717) is 6.08 Å². The molecule has 66 valence electrons. The summed E-state index contributed by atoms with van der Waals surface area (Å²) in [5.41, 5.74) is -1.08. The van der Waals surface area contributed by atoms with E-state index in [1.54, 1.807) is 6.07 Å². The van der Waals surface area contributed by atoms with Gasteiger partial charge in [0.05, 0.1) is 23.6 Å². The lowest BCUT2D eigenvalue weighted by atomic mass is 10.1. The summed E-state index contributed by atoms with van der Waals surface area (Å²) < 4.78 is 36.4. The fraction of sp³-hybridized carbons (Fsp3) is 0.250. The third-order valence-electron chi connectivity index (χ3n) is 1.59. The number of halogens is 3. The SMILES string of the molecule is N#CC1=CC(C#N)C(C(F)(F)F)=C1. The van der Waals surface area contributed by atoms with Crippen LogP contribution in [0.1, 0.15) is 0 Å². The first kappa shape index (κ1) is 9.34. The van der Waals surface area contributed by atoms with Crippen molar-refractivity contribution in [2.45, 2.75) is 6.18 Å². The highest BCUT2D eigenvalue weighted by atomic mass is 19.4. The van der Waals surface area contributed by atoms with Gasteiger partial charge in [0, 0.05) is 5.57 Å². The van der Waals surface area contributed by atoms with E-state index in [0.717, 1.165) is 6.08 Å². The number of hydrogen-bond donors (Lipinski definition) is 0. The molecule has 1 aliphatic carbocycles. The zero-order valence-electron chi connectivity index (χ0n) is 6.26. The van der Waals surface area contributed by atoms with Crippen LogP contribution in [0.5, 0.6) is 0 Å². The van der Waals surface area contributed by atoms with E-state index < -0.39 is 17.7 Å². The van der Waals surface area contributed by atoms with Crippen molar-refractivity contribution >= 4 is 0 Å². The number of alkyl halides is 3. The molecule has 0 fully saturated rings. The van der Waals surface area contributed by atoms with E-state index in [2.05, 4.69) is 0 Å². The van der Waals surface area contributed by atoms with Gasteiger partial charge in [-0.2, -0.15) is 23.7 Å². The number of allylic oxidation sites excluding steroid dienone is 4. The summed E-state index contributed by atoms with van der Waals surface area (Å²) in [6, 6.07) is 3.03. The van der Waals surface area contributed by atoms with Crippen LogP contribution in [0.25, 0.3) is 0 Å². The van der Waals surface area contributed by atoms with E-state index in [-0.39, 0.29) is 5.57 Å². The Bertz CT molecular complexity index is 362. The van der Waals surface area contributed by atoms with E-state index in [4.69, 9.17) is 10.5 Å². The zero-order valence-corrected chi connectivity index (χ0v) is 6.26. The van der Waals surface area contributed by atoms with Crippen LogP contribution in [-0.2, 0) is 0 Å². The van der Waals surface area contributed by atoms with Crippen molar-refractivity contribution in [3.05, 3.63) is 23.3 Å². The first-order chi connectivity index (χ1) is 5.99. The van der Waals surface area contributed by atoms with E-state index in [1.807, 2.05) is 0 Å². The van der Waals surface area contributed by atoms with Crippen molar-refractivity contribution in [1.29, 1.82) is 10.5 Å². The van der Waals surface area contributed by atoms with Crippen LogP contribution < -0.4 is 0 Å². The largest absolute Gasteiger partial charge is 0.414 e. The average molecular weight is 184 g/mol. The molecular formula is C8H3F3N2. The van der Waals surface area contributed by atoms with Gasteiger partial charge in [-0.05, 0) is 12.2 Å². The molecule has 0 aliphatic heterocycles. The second-order valence-corrected chi connectivity index (χ2v) is 2.44. The van der Waals surface area contributed by atoms with Crippen molar-refractivity contribution in [3.8, 4) is 12.1 Å². The molecule has 0 amide bonds. The molecule has 1 rings (SSSR count). The number of rotatable bonds is 0. The second-order valence-electron chi connectivity index (χ2n) is 2.44. The molecule has 1 aliphatic rings. The van der Waals surface area contributed by atoms with Crippen molar-refractivity contribution in [2.24, 2.45) is 5.92 Å². The van der Waals surface area contributed by atoms with Gasteiger partial charge in [-0.15, -0.1) is 0 Å². The summed E-state index contributed by atoms with van der Waals surface area (Å²) in [6.07, 6.45) is -2.83. The highest BCUT2D eigenvalue weighted by molar-refractivity contribution is 5.48. The normalized spacial score (nSPS) is 21.5. The maximum absolute atomic E-state index is 12.1. The van der Waals surface area contributed by atoms with Gasteiger partial charge in [-0.1, -0.05) is 0 Å². The van der Waals surface area contributed by atoms with Gasteiger partial charge >= 0.3 is 6.18 Å². The first-order valence-electron chi connectivity index (χ1n) is 3.29. The Labute approximate surface area is 72.2 Å². The molecule has 2 nitrogen and oxygen atoms in total. The lowest BCUT2D eigenvalue weighted by molar-refractivity contribution is -0.0949. The van der Waals surface area contributed by atoms with Crippen molar-refractivity contribution in [2.75, 3.05) is 0 Å². The van der Waals surface area contributed by atoms with Crippen molar-refractivity contribution in [1.82, 2.24) is 0 Å². The summed E-state index contributed by atoms with van der Waals surface area (Å²) in [5, 5.41) is 16.7. The summed E-state index contributed by atoms with van der Waals surface area (Å²) in [5.74, 6) is -1.34. The summed E-state index contributed by atoms with van der Waals surface area (Å²) in [6.45, 7) is 0. The van der Waals surface area contributed by atoms with Gasteiger partial charge in [0.1, 0.15) is 0 Å². The molecule has 5 heteroatoms. The fourth-order valence-corrected chi connectivity index (χ4v) is 1.01. The third-order valence-corrected chi connectivity index (χ3v) is 1.59. The third kappa shape index (κ3) is 1.70. The predicted octanol–water partition coefficient (Wildman–Crippen LogP) is 2.08. The Morgan fingerprint density at radius 2 is 1.92 bits per heavy atom. The van der Waals surface area contributed by atoms with Crippen LogP contribution in [0.2, 0.25) is 0 Å². The molecule has 0 saturated carbocycles. The van der Waals surface area contributed by atoms with E-state index in [1.165, 1.54) is 6.07 Å². The second kappa shape index (κ2) is 2.95. The van der Waals surface area contributed by atoms with E-state index in [9.17, 15) is 13.2 Å². The van der Waals surface area contributed by atoms with Crippen LogP contribution in [0.3, 0.4) is 0 Å². The number of nitrogens with zero attached hydrogens (tertiary/aromatic N) is 2. The van der Waals surface area contributed by atoms with E-state index >= 15 is 0 Å². The van der Waals surface area contributed by atoms with Gasteiger partial charge in [-0.3, -0.25) is 0 Å². The lowest BCUT2D eigenvalue weighted by Crippen LogP contribution is -2.15. The van der Waals surface area contributed by atoms with Crippen molar-refractivity contribution < 1.29 is 13.2 Å². The van der Waals surface area contributed by atoms with Gasteiger partial charge in [0.15, 0.2) is 0 Å². The molecule has 0 aromatic heterocycles. The minimum atomic E-state index is -4.53. The maximum atomic E-state index is 12.1. The van der Waals surface area contributed by atoms with Gasteiger partial charge in [0.25, 0.3) is 0 Å². The molecule has 1 atom stereocenters. The average Bonchev–Trinajstić information content (AvgIpc) is 2.46. The molecule has 0 aromatic rings. The molecule has 0 bridgehead atoms.